The van der Waals surface area contributed by atoms with Crippen molar-refractivity contribution in [1.29, 1.82) is 0 Å². The van der Waals surface area contributed by atoms with Gasteiger partial charge < -0.3 is 0 Å². The lowest BCUT2D eigenvalue weighted by Gasteiger charge is -2.14. The van der Waals surface area contributed by atoms with Crippen LogP contribution in [0.5, 0.6) is 0 Å². The van der Waals surface area contributed by atoms with Crippen molar-refractivity contribution in [2.24, 2.45) is 0 Å². The van der Waals surface area contributed by atoms with Gasteiger partial charge in [-0.3, -0.25) is 0 Å². The maximum atomic E-state index is 5.34. The summed E-state index contributed by atoms with van der Waals surface area (Å²) < 4.78 is 0. The fourth-order valence-corrected chi connectivity index (χ4v) is 6.85. The van der Waals surface area contributed by atoms with Gasteiger partial charge >= 0.3 is 0 Å². The highest BCUT2D eigenvalue weighted by atomic mass is 14.9. The molecule has 0 saturated carbocycles. The van der Waals surface area contributed by atoms with Gasteiger partial charge in [-0.15, -0.1) is 0 Å². The molecule has 0 unspecified atom stereocenters. The molecule has 0 amide bonds. The maximum absolute atomic E-state index is 5.34. The topological polar surface area (TPSA) is 25.8 Å². The highest BCUT2D eigenvalue weighted by molar-refractivity contribution is 6.18. The van der Waals surface area contributed by atoms with Gasteiger partial charge in [0.25, 0.3) is 0 Å². The molecule has 0 fully saturated rings. The summed E-state index contributed by atoms with van der Waals surface area (Å²) in [5, 5.41) is 2.44. The lowest BCUT2D eigenvalue weighted by Crippen LogP contribution is -1.97. The van der Waals surface area contributed by atoms with Crippen molar-refractivity contribution in [3.63, 3.8) is 0 Å². The molecule has 1 heterocycles. The highest BCUT2D eigenvalue weighted by Crippen LogP contribution is 2.49. The van der Waals surface area contributed by atoms with Gasteiger partial charge in [0.15, 0.2) is 5.82 Å². The molecule has 214 valence electrons. The Labute approximate surface area is 268 Å². The van der Waals surface area contributed by atoms with Gasteiger partial charge in [0.2, 0.25) is 0 Å². The average molecular weight is 585 g/mol. The Kier molecular flexibility index (Phi) is 6.17. The van der Waals surface area contributed by atoms with E-state index in [-0.39, 0.29) is 0 Å². The summed E-state index contributed by atoms with van der Waals surface area (Å²) in [5.74, 6) is 0.724. The van der Waals surface area contributed by atoms with Crippen LogP contribution in [0.2, 0.25) is 0 Å². The predicted molar refractivity (Wildman–Crippen MR) is 191 cm³/mol. The third-order valence-electron chi connectivity index (χ3n) is 9.03. The fourth-order valence-electron chi connectivity index (χ4n) is 6.85. The lowest BCUT2D eigenvalue weighted by molar-refractivity contribution is 1.19. The van der Waals surface area contributed by atoms with Gasteiger partial charge in [-0.2, -0.15) is 0 Å². The van der Waals surface area contributed by atoms with Crippen LogP contribution < -0.4 is 0 Å². The molecule has 0 spiro atoms. The van der Waals surface area contributed by atoms with Gasteiger partial charge in [-0.25, -0.2) is 9.97 Å². The van der Waals surface area contributed by atoms with Crippen LogP contribution in [0.25, 0.3) is 89.2 Å². The molecular formula is C44H28N2. The molecule has 0 saturated heterocycles. The molecule has 0 radical (unpaired) electrons. The number of aromatic nitrogens is 2. The van der Waals surface area contributed by atoms with Crippen LogP contribution in [0.15, 0.2) is 170 Å². The Bertz CT molecular complexity index is 2310. The van der Waals surface area contributed by atoms with E-state index in [0.29, 0.717) is 0 Å². The molecule has 0 atom stereocenters. The van der Waals surface area contributed by atoms with Crippen LogP contribution in [0.3, 0.4) is 0 Å². The largest absolute Gasteiger partial charge is 0.228 e. The molecule has 2 nitrogen and oxygen atoms in total. The van der Waals surface area contributed by atoms with Crippen LogP contribution in [-0.2, 0) is 0 Å². The smallest absolute Gasteiger partial charge is 0.161 e. The zero-order chi connectivity index (χ0) is 30.5. The SMILES string of the molecule is c1ccc(-c2cc(-c3ccccc3)cc(-c3cc(-c4ccccc4)nc(-c4ccc5c6c(cccc46)-c4ccccc4-5)n3)c2)cc1. The van der Waals surface area contributed by atoms with E-state index in [1.54, 1.807) is 0 Å². The molecule has 0 aliphatic heterocycles. The first-order valence-electron chi connectivity index (χ1n) is 15.7. The van der Waals surface area contributed by atoms with Crippen molar-refractivity contribution in [1.82, 2.24) is 9.97 Å². The van der Waals surface area contributed by atoms with Gasteiger partial charge in [0, 0.05) is 16.7 Å². The van der Waals surface area contributed by atoms with Crippen molar-refractivity contribution in [2.45, 2.75) is 0 Å². The second-order valence-electron chi connectivity index (χ2n) is 11.8. The molecule has 7 aromatic carbocycles. The number of fused-ring (bicyclic) bond motifs is 3. The number of benzene rings is 7. The zero-order valence-electron chi connectivity index (χ0n) is 25.1. The van der Waals surface area contributed by atoms with Crippen molar-refractivity contribution in [3.8, 4) is 78.4 Å². The number of hydrogen-bond acceptors (Lipinski definition) is 2. The van der Waals surface area contributed by atoms with E-state index < -0.39 is 0 Å². The maximum Gasteiger partial charge on any atom is 0.161 e. The minimum absolute atomic E-state index is 0.724. The molecule has 1 aromatic heterocycles. The predicted octanol–water partition coefficient (Wildman–Crippen LogP) is 11.6. The summed E-state index contributed by atoms with van der Waals surface area (Å²) in [6, 6.07) is 60.2. The second-order valence-corrected chi connectivity index (χ2v) is 11.8. The van der Waals surface area contributed by atoms with E-state index in [0.717, 1.165) is 45.0 Å². The van der Waals surface area contributed by atoms with Gasteiger partial charge in [0.1, 0.15) is 0 Å². The van der Waals surface area contributed by atoms with E-state index >= 15 is 0 Å². The third-order valence-corrected chi connectivity index (χ3v) is 9.03. The van der Waals surface area contributed by atoms with E-state index in [4.69, 9.17) is 9.97 Å². The molecule has 0 N–H and O–H groups in total. The number of hydrogen-bond donors (Lipinski definition) is 0. The first kappa shape index (κ1) is 26.3. The molecule has 9 rings (SSSR count). The monoisotopic (exact) mass is 584 g/mol. The third kappa shape index (κ3) is 4.43. The molecule has 0 bridgehead atoms. The Morgan fingerprint density at radius 1 is 0.283 bits per heavy atom. The Hall–Kier alpha value is -6.12. The first-order valence-corrected chi connectivity index (χ1v) is 15.7. The molecule has 1 aliphatic carbocycles. The van der Waals surface area contributed by atoms with Crippen molar-refractivity contribution >= 4 is 10.8 Å². The summed E-state index contributed by atoms with van der Waals surface area (Å²) in [6.07, 6.45) is 0. The minimum Gasteiger partial charge on any atom is -0.228 e. The Balaban J connectivity index is 1.29. The van der Waals surface area contributed by atoms with Crippen molar-refractivity contribution in [2.75, 3.05) is 0 Å². The molecule has 1 aliphatic rings. The molecule has 2 heteroatoms. The lowest BCUT2D eigenvalue weighted by atomic mass is 9.94. The number of nitrogens with zero attached hydrogens (tertiary/aromatic N) is 2. The van der Waals surface area contributed by atoms with Crippen LogP contribution in [0.4, 0.5) is 0 Å². The quantitative estimate of drug-likeness (QED) is 0.201. The normalized spacial score (nSPS) is 11.5. The summed E-state index contributed by atoms with van der Waals surface area (Å²) in [6.45, 7) is 0. The summed E-state index contributed by atoms with van der Waals surface area (Å²) in [4.78, 5) is 10.6. The minimum atomic E-state index is 0.724. The molecule has 46 heavy (non-hydrogen) atoms. The fraction of sp³-hybridized carbons (Fsp3) is 0. The van der Waals surface area contributed by atoms with Crippen molar-refractivity contribution < 1.29 is 0 Å². The standard InChI is InChI=1S/C44H28N2/c1-4-13-29(14-5-1)32-25-33(30-15-6-2-7-16-30)27-34(26-32)42-28-41(31-17-8-3-9-18-31)45-44(46-42)40-24-23-39-36-20-11-10-19-35(36)37-21-12-22-38(40)43(37)39/h1-28H. The van der Waals surface area contributed by atoms with Gasteiger partial charge in [-0.1, -0.05) is 140 Å². The zero-order valence-corrected chi connectivity index (χ0v) is 25.1. The highest BCUT2D eigenvalue weighted by Gasteiger charge is 2.23. The van der Waals surface area contributed by atoms with Gasteiger partial charge in [-0.05, 0) is 85.6 Å². The Morgan fingerprint density at radius 2 is 0.739 bits per heavy atom. The summed E-state index contributed by atoms with van der Waals surface area (Å²) in [5.41, 5.74) is 14.7. The van der Waals surface area contributed by atoms with E-state index in [2.05, 4.69) is 164 Å². The average Bonchev–Trinajstić information content (AvgIpc) is 3.47. The number of rotatable bonds is 5. The van der Waals surface area contributed by atoms with E-state index in [1.807, 2.05) is 6.07 Å². The van der Waals surface area contributed by atoms with E-state index in [9.17, 15) is 0 Å². The second kappa shape index (κ2) is 10.8. The van der Waals surface area contributed by atoms with Crippen LogP contribution in [0.1, 0.15) is 0 Å². The molecular weight excluding hydrogens is 556 g/mol. The summed E-state index contributed by atoms with van der Waals surface area (Å²) in [7, 11) is 0. The van der Waals surface area contributed by atoms with Crippen molar-refractivity contribution in [3.05, 3.63) is 170 Å². The Morgan fingerprint density at radius 3 is 1.35 bits per heavy atom. The molecule has 8 aromatic rings. The summed E-state index contributed by atoms with van der Waals surface area (Å²) >= 11 is 0. The van der Waals surface area contributed by atoms with E-state index in [1.165, 1.54) is 44.2 Å². The van der Waals surface area contributed by atoms with Crippen LogP contribution in [0, 0.1) is 0 Å². The first-order chi connectivity index (χ1) is 22.8. The van der Waals surface area contributed by atoms with Gasteiger partial charge in [0.05, 0.1) is 11.4 Å². The van der Waals surface area contributed by atoms with Crippen LogP contribution in [-0.4, -0.2) is 9.97 Å². The van der Waals surface area contributed by atoms with Crippen LogP contribution >= 0.6 is 0 Å².